The lowest BCUT2D eigenvalue weighted by Crippen LogP contribution is -2.22. The molecule has 4 rings (SSSR count). The number of aromatic hydroxyl groups is 1. The third kappa shape index (κ3) is 5.75. The first-order valence-electron chi connectivity index (χ1n) is 10.9. The number of anilines is 1. The highest BCUT2D eigenvalue weighted by atomic mass is 32.2. The van der Waals surface area contributed by atoms with Gasteiger partial charge in [0.25, 0.3) is 26.1 Å². The normalized spacial score (nSPS) is 15.1. The first-order chi connectivity index (χ1) is 19.1. The van der Waals surface area contributed by atoms with Crippen LogP contribution >= 0.6 is 0 Å². The van der Waals surface area contributed by atoms with Crippen LogP contribution in [-0.4, -0.2) is 74.6 Å². The van der Waals surface area contributed by atoms with Crippen molar-refractivity contribution in [3.8, 4) is 11.6 Å². The van der Waals surface area contributed by atoms with E-state index in [1.807, 2.05) is 0 Å². The van der Waals surface area contributed by atoms with Crippen molar-refractivity contribution in [1.29, 1.82) is 0 Å². The number of carboxylic acids is 2. The van der Waals surface area contributed by atoms with Crippen LogP contribution in [0.2, 0.25) is 0 Å². The molecule has 41 heavy (non-hydrogen) atoms. The number of hydrogen-bond donors (Lipinski definition) is 5. The van der Waals surface area contributed by atoms with Crippen molar-refractivity contribution in [2.45, 2.75) is 9.79 Å². The molecule has 1 aliphatic heterocycles. The number of nitrogens with zero attached hydrogens (tertiary/aromatic N) is 4. The summed E-state index contributed by atoms with van der Waals surface area (Å²) in [7, 11) is -9.04. The van der Waals surface area contributed by atoms with E-state index in [1.165, 1.54) is 0 Å². The van der Waals surface area contributed by atoms with E-state index in [2.05, 4.69) is 10.2 Å². The van der Waals surface area contributed by atoms with Crippen LogP contribution in [0.3, 0.4) is 0 Å². The van der Waals surface area contributed by atoms with Crippen LogP contribution in [0, 0.1) is 0 Å². The number of allylic oxidation sites excluding steroid dienone is 2. The predicted octanol–water partition coefficient (Wildman–Crippen LogP) is 1.20. The molecular weight excluding hydrogens is 588 g/mol. The molecule has 2 aromatic carbocycles. The van der Waals surface area contributed by atoms with Gasteiger partial charge in [0.15, 0.2) is 11.4 Å². The van der Waals surface area contributed by atoms with E-state index in [0.717, 1.165) is 71.4 Å². The van der Waals surface area contributed by atoms with E-state index in [9.17, 15) is 46.5 Å². The van der Waals surface area contributed by atoms with Crippen molar-refractivity contribution in [2.24, 2.45) is 5.10 Å². The van der Waals surface area contributed by atoms with Gasteiger partial charge in [-0.25, -0.2) is 9.59 Å². The second-order valence-corrected chi connectivity index (χ2v) is 10.9. The molecule has 0 saturated heterocycles. The van der Waals surface area contributed by atoms with Crippen molar-refractivity contribution in [1.82, 2.24) is 9.78 Å². The van der Waals surface area contributed by atoms with E-state index < -0.39 is 70.7 Å². The number of carbonyl (C=O) groups excluding carboxylic acids is 1. The smallest absolute Gasteiger partial charge is 0.357 e. The lowest BCUT2D eigenvalue weighted by molar-refractivity contribution is -0.129. The molecule has 0 spiro atoms. The molecule has 18 heteroatoms. The van der Waals surface area contributed by atoms with Gasteiger partial charge in [0.1, 0.15) is 0 Å². The van der Waals surface area contributed by atoms with Gasteiger partial charge in [0, 0.05) is 0 Å². The third-order valence-corrected chi connectivity index (χ3v) is 7.20. The fourth-order valence-electron chi connectivity index (χ4n) is 3.57. The van der Waals surface area contributed by atoms with Crippen molar-refractivity contribution in [2.75, 3.05) is 5.01 Å². The molecule has 212 valence electrons. The Bertz CT molecular complexity index is 1910. The van der Waals surface area contributed by atoms with E-state index in [1.54, 1.807) is 0 Å². The molecular formula is C23H16N4O12S2. The van der Waals surface area contributed by atoms with Crippen LogP contribution in [0.4, 0.5) is 5.69 Å². The Hall–Kier alpha value is -5.17. The fourth-order valence-corrected chi connectivity index (χ4v) is 4.53. The monoisotopic (exact) mass is 604 g/mol. The summed E-state index contributed by atoms with van der Waals surface area (Å²) >= 11 is 0. The van der Waals surface area contributed by atoms with E-state index in [-0.39, 0.29) is 16.9 Å². The Morgan fingerprint density at radius 2 is 1.32 bits per heavy atom. The molecule has 0 unspecified atom stereocenters. The zero-order chi connectivity index (χ0) is 30.3. The van der Waals surface area contributed by atoms with Crippen molar-refractivity contribution >= 4 is 55.6 Å². The molecule has 5 N–H and O–H groups in total. The second kappa shape index (κ2) is 10.4. The van der Waals surface area contributed by atoms with Gasteiger partial charge in [-0.1, -0.05) is 6.08 Å². The summed E-state index contributed by atoms with van der Waals surface area (Å²) in [4.78, 5) is 35.5. The number of carbonyl (C=O) groups is 3. The Labute approximate surface area is 229 Å². The van der Waals surface area contributed by atoms with Gasteiger partial charge in [-0.05, 0) is 60.7 Å². The second-order valence-electron chi connectivity index (χ2n) is 8.05. The molecule has 2 heterocycles. The average Bonchev–Trinajstić information content (AvgIpc) is 3.40. The number of amides is 1. The largest absolute Gasteiger partial charge is 0.493 e. The highest BCUT2D eigenvalue weighted by molar-refractivity contribution is 7.86. The number of aromatic carboxylic acids is 1. The highest BCUT2D eigenvalue weighted by Crippen LogP contribution is 2.28. The summed E-state index contributed by atoms with van der Waals surface area (Å²) in [5.41, 5.74) is -2.16. The van der Waals surface area contributed by atoms with E-state index in [0.29, 0.717) is 5.01 Å². The molecule has 1 amide bonds. The fraction of sp³-hybridized carbons (Fsp3) is 0. The van der Waals surface area contributed by atoms with Gasteiger partial charge < -0.3 is 15.3 Å². The summed E-state index contributed by atoms with van der Waals surface area (Å²) in [6, 6.07) is 8.42. The minimum Gasteiger partial charge on any atom is -0.493 e. The quantitative estimate of drug-likeness (QED) is 0.179. The summed E-state index contributed by atoms with van der Waals surface area (Å²) < 4.78 is 64.0. The van der Waals surface area contributed by atoms with Gasteiger partial charge >= 0.3 is 11.9 Å². The van der Waals surface area contributed by atoms with Gasteiger partial charge in [-0.2, -0.15) is 36.7 Å². The molecule has 1 aromatic heterocycles. The Kier molecular flexibility index (Phi) is 7.33. The molecule has 3 aromatic rings. The minimum absolute atomic E-state index is 0.0253. The first-order valence-corrected chi connectivity index (χ1v) is 13.7. The summed E-state index contributed by atoms with van der Waals surface area (Å²) in [6.07, 6.45) is 3.08. The molecule has 0 radical (unpaired) electrons. The van der Waals surface area contributed by atoms with Crippen molar-refractivity contribution in [3.05, 3.63) is 77.5 Å². The maximum Gasteiger partial charge on any atom is 0.357 e. The lowest BCUT2D eigenvalue weighted by atomic mass is 10.1. The van der Waals surface area contributed by atoms with Gasteiger partial charge in [0.2, 0.25) is 5.88 Å². The molecule has 0 atom stereocenters. The lowest BCUT2D eigenvalue weighted by Gasteiger charge is -2.11. The topological polar surface area (TPSA) is 254 Å². The maximum absolute atomic E-state index is 12.9. The number of aliphatic carboxylic acids is 1. The van der Waals surface area contributed by atoms with Gasteiger partial charge in [-0.3, -0.25) is 13.9 Å². The van der Waals surface area contributed by atoms with Crippen LogP contribution in [0.15, 0.2) is 81.1 Å². The highest BCUT2D eigenvalue weighted by Gasteiger charge is 2.35. The Balaban J connectivity index is 1.69. The average molecular weight is 605 g/mol. The maximum atomic E-state index is 12.9. The molecule has 0 aliphatic carbocycles. The molecule has 1 aliphatic rings. The Morgan fingerprint density at radius 3 is 1.78 bits per heavy atom. The number of hydrogen-bond acceptors (Lipinski definition) is 10. The predicted molar refractivity (Wildman–Crippen MR) is 138 cm³/mol. The minimum atomic E-state index is -4.52. The molecule has 0 fully saturated rings. The van der Waals surface area contributed by atoms with Crippen LogP contribution in [0.1, 0.15) is 16.1 Å². The Morgan fingerprint density at radius 1 is 0.805 bits per heavy atom. The standard InChI is InChI=1S/C23H16N4O12S2/c28-20-16(18(22(30)31)24-26(20)12-4-8-14(9-5-12)40(34,35)36)2-1-3-17-19(23(32)33)25-27(21(17)29)13-6-10-15(11-7-13)41(37,38)39/h1-11,28H,(H,30,31)(H,32,33)(H,34,35,36)(H,37,38,39)/b2-1+,17-3+. The van der Waals surface area contributed by atoms with Crippen LogP contribution in [0.5, 0.6) is 5.88 Å². The summed E-state index contributed by atoms with van der Waals surface area (Å²) in [5, 5.41) is 37.9. The number of hydrazone groups is 1. The number of carboxylic acid groups (broad SMARTS) is 2. The number of benzene rings is 2. The zero-order valence-corrected chi connectivity index (χ0v) is 21.7. The third-order valence-electron chi connectivity index (χ3n) is 5.46. The number of rotatable bonds is 8. The SMILES string of the molecule is O=C(O)C1=NN(c2ccc(S(=O)(=O)O)cc2)C(=O)/C1=C/C=C/c1c(C(=O)O)nn(-c2ccc(S(=O)(=O)O)cc2)c1O. The van der Waals surface area contributed by atoms with Crippen LogP contribution < -0.4 is 5.01 Å². The van der Waals surface area contributed by atoms with E-state index >= 15 is 0 Å². The molecule has 0 bridgehead atoms. The van der Waals surface area contributed by atoms with Crippen LogP contribution in [0.25, 0.3) is 11.8 Å². The van der Waals surface area contributed by atoms with Gasteiger partial charge in [-0.15, -0.1) is 0 Å². The summed E-state index contributed by atoms with van der Waals surface area (Å²) in [6.45, 7) is 0. The molecule has 0 saturated carbocycles. The van der Waals surface area contributed by atoms with Crippen molar-refractivity contribution in [3.63, 3.8) is 0 Å². The summed E-state index contributed by atoms with van der Waals surface area (Å²) in [5.74, 6) is -4.80. The zero-order valence-electron chi connectivity index (χ0n) is 20.1. The number of aromatic nitrogens is 2. The van der Waals surface area contributed by atoms with Crippen LogP contribution in [-0.2, 0) is 29.8 Å². The van der Waals surface area contributed by atoms with E-state index in [4.69, 9.17) is 9.11 Å². The van der Waals surface area contributed by atoms with Crippen molar-refractivity contribution < 1.29 is 55.6 Å². The first kappa shape index (κ1) is 28.8. The molecule has 16 nitrogen and oxygen atoms in total. The van der Waals surface area contributed by atoms with Gasteiger partial charge in [0.05, 0.1) is 32.3 Å².